The van der Waals surface area contributed by atoms with Gasteiger partial charge in [-0.3, -0.25) is 9.59 Å². The molecular formula is C22H30N2O3. The summed E-state index contributed by atoms with van der Waals surface area (Å²) >= 11 is 0. The van der Waals surface area contributed by atoms with Crippen molar-refractivity contribution in [1.82, 2.24) is 9.80 Å². The van der Waals surface area contributed by atoms with E-state index in [1.807, 2.05) is 11.0 Å². The van der Waals surface area contributed by atoms with Gasteiger partial charge in [0.05, 0.1) is 6.61 Å². The van der Waals surface area contributed by atoms with Crippen LogP contribution in [0.4, 0.5) is 0 Å². The Morgan fingerprint density at radius 1 is 1.19 bits per heavy atom. The molecule has 0 radical (unpaired) electrons. The first-order valence-corrected chi connectivity index (χ1v) is 10.2. The lowest BCUT2D eigenvalue weighted by atomic mass is 9.72. The second kappa shape index (κ2) is 7.63. The van der Waals surface area contributed by atoms with Gasteiger partial charge in [-0.05, 0) is 42.6 Å². The van der Waals surface area contributed by atoms with Crippen molar-refractivity contribution in [2.75, 3.05) is 39.9 Å². The fourth-order valence-electron chi connectivity index (χ4n) is 4.89. The molecule has 0 aromatic heterocycles. The Morgan fingerprint density at radius 3 is 2.63 bits per heavy atom. The van der Waals surface area contributed by atoms with Gasteiger partial charge in [-0.2, -0.15) is 0 Å². The summed E-state index contributed by atoms with van der Waals surface area (Å²) in [5, 5.41) is 0. The number of amides is 2. The van der Waals surface area contributed by atoms with E-state index < -0.39 is 0 Å². The van der Waals surface area contributed by atoms with E-state index in [4.69, 9.17) is 4.74 Å². The normalized spacial score (nSPS) is 27.1. The van der Waals surface area contributed by atoms with Crippen molar-refractivity contribution in [3.63, 3.8) is 0 Å². The Morgan fingerprint density at radius 2 is 1.93 bits per heavy atom. The van der Waals surface area contributed by atoms with Crippen molar-refractivity contribution < 1.29 is 14.3 Å². The highest BCUT2D eigenvalue weighted by Crippen LogP contribution is 2.49. The van der Waals surface area contributed by atoms with E-state index in [1.54, 1.807) is 7.11 Å². The van der Waals surface area contributed by atoms with Gasteiger partial charge in [0.1, 0.15) is 0 Å². The molecule has 1 aromatic rings. The molecule has 5 nitrogen and oxygen atoms in total. The molecule has 1 spiro atoms. The molecule has 3 aliphatic rings. The van der Waals surface area contributed by atoms with Crippen LogP contribution in [-0.2, 0) is 14.3 Å². The second-order valence-corrected chi connectivity index (χ2v) is 8.49. The van der Waals surface area contributed by atoms with E-state index in [2.05, 4.69) is 29.2 Å². The van der Waals surface area contributed by atoms with Crippen LogP contribution in [0, 0.1) is 11.3 Å². The van der Waals surface area contributed by atoms with E-state index in [9.17, 15) is 9.59 Å². The highest BCUT2D eigenvalue weighted by molar-refractivity contribution is 5.83. The van der Waals surface area contributed by atoms with E-state index in [0.29, 0.717) is 31.4 Å². The first kappa shape index (κ1) is 18.5. The van der Waals surface area contributed by atoms with Crippen LogP contribution in [-0.4, -0.2) is 61.5 Å². The topological polar surface area (TPSA) is 49.9 Å². The number of benzene rings is 1. The SMILES string of the molecule is COCCN1CC2(CCC1=O)CCN(C(=O)C1CC1c1ccccc1)CC2. The number of piperidine rings is 2. The Kier molecular flexibility index (Phi) is 5.22. The Bertz CT molecular complexity index is 682. The maximum absolute atomic E-state index is 12.9. The second-order valence-electron chi connectivity index (χ2n) is 8.49. The molecule has 1 aromatic carbocycles. The predicted molar refractivity (Wildman–Crippen MR) is 103 cm³/mol. The predicted octanol–water partition coefficient (Wildman–Crippen LogP) is 2.67. The minimum absolute atomic E-state index is 0.174. The Labute approximate surface area is 161 Å². The van der Waals surface area contributed by atoms with Crippen LogP contribution in [0.5, 0.6) is 0 Å². The third-order valence-corrected chi connectivity index (χ3v) is 6.78. The van der Waals surface area contributed by atoms with Gasteiger partial charge in [0, 0.05) is 45.6 Å². The molecule has 2 saturated heterocycles. The van der Waals surface area contributed by atoms with Gasteiger partial charge in [0.15, 0.2) is 0 Å². The number of methoxy groups -OCH3 is 1. The summed E-state index contributed by atoms with van der Waals surface area (Å²) in [7, 11) is 1.68. The Balaban J connectivity index is 1.31. The van der Waals surface area contributed by atoms with E-state index in [1.165, 1.54) is 5.56 Å². The summed E-state index contributed by atoms with van der Waals surface area (Å²) in [5.41, 5.74) is 1.49. The molecule has 2 atom stereocenters. The average molecular weight is 370 g/mol. The maximum Gasteiger partial charge on any atom is 0.226 e. The molecule has 5 heteroatoms. The molecule has 0 bridgehead atoms. The maximum atomic E-state index is 12.9. The average Bonchev–Trinajstić information content (AvgIpc) is 3.51. The third kappa shape index (κ3) is 3.88. The van der Waals surface area contributed by atoms with E-state index >= 15 is 0 Å². The minimum atomic E-state index is 0.174. The van der Waals surface area contributed by atoms with Crippen LogP contribution in [0.25, 0.3) is 0 Å². The standard InChI is InChI=1S/C22H30N2O3/c1-27-14-13-24-16-22(8-7-20(24)25)9-11-23(12-10-22)21(26)19-15-18(19)17-5-3-2-4-6-17/h2-6,18-19H,7-16H2,1H3. The molecular weight excluding hydrogens is 340 g/mol. The number of carbonyl (C=O) groups excluding carboxylic acids is 2. The number of ether oxygens (including phenoxy) is 1. The number of likely N-dealkylation sites (tertiary alicyclic amines) is 2. The number of hydrogen-bond acceptors (Lipinski definition) is 3. The zero-order valence-electron chi connectivity index (χ0n) is 16.2. The minimum Gasteiger partial charge on any atom is -0.383 e. The summed E-state index contributed by atoms with van der Waals surface area (Å²) in [6, 6.07) is 10.4. The van der Waals surface area contributed by atoms with Crippen molar-refractivity contribution in [3.05, 3.63) is 35.9 Å². The number of hydrogen-bond donors (Lipinski definition) is 0. The first-order valence-electron chi connectivity index (χ1n) is 10.2. The summed E-state index contributed by atoms with van der Waals surface area (Å²) in [4.78, 5) is 29.1. The number of carbonyl (C=O) groups is 2. The molecule has 2 unspecified atom stereocenters. The van der Waals surface area contributed by atoms with Gasteiger partial charge in [-0.1, -0.05) is 30.3 Å². The summed E-state index contributed by atoms with van der Waals surface area (Å²) < 4.78 is 5.15. The highest BCUT2D eigenvalue weighted by Gasteiger charge is 2.48. The molecule has 146 valence electrons. The smallest absolute Gasteiger partial charge is 0.226 e. The lowest BCUT2D eigenvalue weighted by Gasteiger charge is -2.47. The third-order valence-electron chi connectivity index (χ3n) is 6.78. The largest absolute Gasteiger partial charge is 0.383 e. The molecule has 1 saturated carbocycles. The van der Waals surface area contributed by atoms with Crippen LogP contribution < -0.4 is 0 Å². The van der Waals surface area contributed by atoms with Gasteiger partial charge in [0.2, 0.25) is 11.8 Å². The monoisotopic (exact) mass is 370 g/mol. The van der Waals surface area contributed by atoms with Gasteiger partial charge in [0.25, 0.3) is 0 Å². The lowest BCUT2D eigenvalue weighted by molar-refractivity contribution is -0.143. The molecule has 3 fully saturated rings. The van der Waals surface area contributed by atoms with Crippen molar-refractivity contribution in [1.29, 1.82) is 0 Å². The van der Waals surface area contributed by atoms with E-state index in [-0.39, 0.29) is 17.2 Å². The molecule has 0 N–H and O–H groups in total. The zero-order valence-corrected chi connectivity index (χ0v) is 16.2. The Hall–Kier alpha value is -1.88. The van der Waals surface area contributed by atoms with Gasteiger partial charge >= 0.3 is 0 Å². The van der Waals surface area contributed by atoms with E-state index in [0.717, 1.165) is 45.3 Å². The molecule has 2 amide bonds. The molecule has 27 heavy (non-hydrogen) atoms. The highest BCUT2D eigenvalue weighted by atomic mass is 16.5. The fourth-order valence-corrected chi connectivity index (χ4v) is 4.89. The number of rotatable bonds is 5. The van der Waals surface area contributed by atoms with Crippen LogP contribution in [0.3, 0.4) is 0 Å². The van der Waals surface area contributed by atoms with Crippen LogP contribution in [0.1, 0.15) is 43.6 Å². The van der Waals surface area contributed by atoms with Gasteiger partial charge in [-0.15, -0.1) is 0 Å². The zero-order chi connectivity index (χ0) is 18.9. The van der Waals surface area contributed by atoms with Crippen molar-refractivity contribution in [3.8, 4) is 0 Å². The quantitative estimate of drug-likeness (QED) is 0.801. The summed E-state index contributed by atoms with van der Waals surface area (Å²) in [5.74, 6) is 1.17. The summed E-state index contributed by atoms with van der Waals surface area (Å²) in [6.45, 7) is 3.77. The number of nitrogens with zero attached hydrogens (tertiary/aromatic N) is 2. The molecule has 1 aliphatic carbocycles. The van der Waals surface area contributed by atoms with Crippen LogP contribution >= 0.6 is 0 Å². The van der Waals surface area contributed by atoms with Crippen LogP contribution in [0.15, 0.2) is 30.3 Å². The first-order chi connectivity index (χ1) is 13.1. The van der Waals surface area contributed by atoms with Crippen LogP contribution in [0.2, 0.25) is 0 Å². The molecule has 4 rings (SSSR count). The molecule has 2 heterocycles. The summed E-state index contributed by atoms with van der Waals surface area (Å²) in [6.07, 6.45) is 4.62. The fraction of sp³-hybridized carbons (Fsp3) is 0.636. The van der Waals surface area contributed by atoms with Gasteiger partial charge in [-0.25, -0.2) is 0 Å². The van der Waals surface area contributed by atoms with Crippen molar-refractivity contribution >= 4 is 11.8 Å². The molecule has 2 aliphatic heterocycles. The van der Waals surface area contributed by atoms with Crippen molar-refractivity contribution in [2.45, 2.75) is 38.0 Å². The van der Waals surface area contributed by atoms with Gasteiger partial charge < -0.3 is 14.5 Å². The van der Waals surface area contributed by atoms with Crippen molar-refractivity contribution in [2.24, 2.45) is 11.3 Å². The lowest BCUT2D eigenvalue weighted by Crippen LogP contribution is -2.53.